The number of benzene rings is 1. The van der Waals surface area contributed by atoms with Crippen LogP contribution in [0.1, 0.15) is 45.6 Å². The Morgan fingerprint density at radius 2 is 1.97 bits per heavy atom. The Hall–Kier alpha value is -1.87. The predicted molar refractivity (Wildman–Crippen MR) is 117 cm³/mol. The average Bonchev–Trinajstić information content (AvgIpc) is 2.63. The Morgan fingerprint density at radius 1 is 1.27 bits per heavy atom. The third-order valence-electron chi connectivity index (χ3n) is 4.55. The van der Waals surface area contributed by atoms with E-state index in [0.29, 0.717) is 35.0 Å². The fourth-order valence-corrected chi connectivity index (χ4v) is 5.17. The molecule has 0 radical (unpaired) electrons. The summed E-state index contributed by atoms with van der Waals surface area (Å²) in [7, 11) is -2.36. The highest BCUT2D eigenvalue weighted by molar-refractivity contribution is 7.93. The minimum Gasteiger partial charge on any atom is -0.460 e. The standard InChI is InChI=1S/C21H29ClN2O5S/c1-13(2)29-21(25)18-14(3)24-15(4)20(30(26,27)23-10-7-11-28-5)19(18)16-8-6-9-17(22)12-16/h6,8-9,12-13,19,23-24H,7,10-11H2,1-5H3. The van der Waals surface area contributed by atoms with Crippen molar-refractivity contribution in [1.82, 2.24) is 10.0 Å². The van der Waals surface area contributed by atoms with Crippen LogP contribution in [0.5, 0.6) is 0 Å². The minimum atomic E-state index is -3.91. The van der Waals surface area contributed by atoms with E-state index in [9.17, 15) is 13.2 Å². The molecule has 0 bridgehead atoms. The van der Waals surface area contributed by atoms with Crippen molar-refractivity contribution in [2.75, 3.05) is 20.3 Å². The fourth-order valence-electron chi connectivity index (χ4n) is 3.38. The van der Waals surface area contributed by atoms with E-state index in [2.05, 4.69) is 10.0 Å². The summed E-state index contributed by atoms with van der Waals surface area (Å²) < 4.78 is 39.6. The van der Waals surface area contributed by atoms with Crippen LogP contribution in [0.4, 0.5) is 0 Å². The number of carbonyl (C=O) groups excluding carboxylic acids is 1. The second-order valence-corrected chi connectivity index (χ2v) is 9.51. The molecule has 9 heteroatoms. The van der Waals surface area contributed by atoms with Gasteiger partial charge in [0.25, 0.3) is 0 Å². The lowest BCUT2D eigenvalue weighted by Gasteiger charge is -2.31. The first-order valence-electron chi connectivity index (χ1n) is 9.72. The first-order valence-corrected chi connectivity index (χ1v) is 11.6. The number of dihydropyridines is 1. The van der Waals surface area contributed by atoms with Crippen LogP contribution in [0.2, 0.25) is 5.02 Å². The van der Waals surface area contributed by atoms with Gasteiger partial charge in [-0.1, -0.05) is 23.7 Å². The Bertz CT molecular complexity index is 954. The third-order valence-corrected chi connectivity index (χ3v) is 6.49. The molecule has 2 rings (SSSR count). The maximum Gasteiger partial charge on any atom is 0.337 e. The first-order chi connectivity index (χ1) is 14.1. The van der Waals surface area contributed by atoms with Crippen LogP contribution in [0.15, 0.2) is 46.1 Å². The lowest BCUT2D eigenvalue weighted by molar-refractivity contribution is -0.143. The van der Waals surface area contributed by atoms with E-state index in [4.69, 9.17) is 21.1 Å². The van der Waals surface area contributed by atoms with Gasteiger partial charge in [-0.2, -0.15) is 0 Å². The Balaban J connectivity index is 2.58. The number of methoxy groups -OCH3 is 1. The summed E-state index contributed by atoms with van der Waals surface area (Å²) in [5.74, 6) is -1.42. The average molecular weight is 457 g/mol. The highest BCUT2D eigenvalue weighted by atomic mass is 35.5. The molecule has 0 saturated heterocycles. The molecule has 30 heavy (non-hydrogen) atoms. The second-order valence-electron chi connectivity index (χ2n) is 7.34. The van der Waals surface area contributed by atoms with Gasteiger partial charge in [0.05, 0.1) is 22.5 Å². The molecule has 1 aromatic carbocycles. The van der Waals surface area contributed by atoms with Crippen molar-refractivity contribution >= 4 is 27.6 Å². The van der Waals surface area contributed by atoms with Crippen molar-refractivity contribution in [2.45, 2.75) is 46.1 Å². The molecular formula is C21H29ClN2O5S. The van der Waals surface area contributed by atoms with Crippen LogP contribution in [-0.2, 0) is 24.3 Å². The van der Waals surface area contributed by atoms with E-state index < -0.39 is 21.9 Å². The summed E-state index contributed by atoms with van der Waals surface area (Å²) in [5, 5.41) is 3.48. The summed E-state index contributed by atoms with van der Waals surface area (Å²) in [6.45, 7) is 7.54. The molecule has 1 atom stereocenters. The number of ether oxygens (including phenoxy) is 2. The predicted octanol–water partition coefficient (Wildman–Crippen LogP) is 3.44. The SMILES string of the molecule is COCCCNS(=O)(=O)C1=C(C)NC(C)=C(C(=O)OC(C)C)C1c1cccc(Cl)c1. The van der Waals surface area contributed by atoms with E-state index in [0.717, 1.165) is 0 Å². The zero-order chi connectivity index (χ0) is 22.5. The lowest BCUT2D eigenvalue weighted by atomic mass is 9.86. The fraction of sp³-hybridized carbons (Fsp3) is 0.476. The van der Waals surface area contributed by atoms with Gasteiger partial charge in [0.15, 0.2) is 0 Å². The normalized spacial score (nSPS) is 17.4. The van der Waals surface area contributed by atoms with Gasteiger partial charge in [-0.3, -0.25) is 0 Å². The topological polar surface area (TPSA) is 93.7 Å². The van der Waals surface area contributed by atoms with Gasteiger partial charge < -0.3 is 14.8 Å². The number of hydrogen-bond acceptors (Lipinski definition) is 6. The molecule has 1 aliphatic rings. The molecule has 1 unspecified atom stereocenters. The number of rotatable bonds is 9. The monoisotopic (exact) mass is 456 g/mol. The molecular weight excluding hydrogens is 428 g/mol. The van der Waals surface area contributed by atoms with Crippen LogP contribution in [-0.4, -0.2) is 40.8 Å². The summed E-state index contributed by atoms with van der Waals surface area (Å²) >= 11 is 6.19. The van der Waals surface area contributed by atoms with Crippen LogP contribution in [0.25, 0.3) is 0 Å². The van der Waals surface area contributed by atoms with Gasteiger partial charge in [0, 0.05) is 36.7 Å². The van der Waals surface area contributed by atoms with E-state index in [1.165, 1.54) is 0 Å². The molecule has 0 aromatic heterocycles. The smallest absolute Gasteiger partial charge is 0.337 e. The van der Waals surface area contributed by atoms with E-state index in [1.807, 2.05) is 0 Å². The number of halogens is 1. The quantitative estimate of drug-likeness (QED) is 0.436. The summed E-state index contributed by atoms with van der Waals surface area (Å²) in [6.07, 6.45) is 0.172. The van der Waals surface area contributed by atoms with Crippen molar-refractivity contribution in [2.24, 2.45) is 0 Å². The van der Waals surface area contributed by atoms with Gasteiger partial charge in [-0.25, -0.2) is 17.9 Å². The summed E-state index contributed by atoms with van der Waals surface area (Å²) in [4.78, 5) is 13.0. The highest BCUT2D eigenvalue weighted by Gasteiger charge is 2.40. The molecule has 1 aromatic rings. The van der Waals surface area contributed by atoms with Crippen LogP contribution >= 0.6 is 11.6 Å². The number of esters is 1. The maximum atomic E-state index is 13.3. The van der Waals surface area contributed by atoms with Gasteiger partial charge >= 0.3 is 5.97 Å². The van der Waals surface area contributed by atoms with Crippen molar-refractivity contribution in [1.29, 1.82) is 0 Å². The number of hydrogen-bond donors (Lipinski definition) is 2. The number of nitrogens with one attached hydrogen (secondary N) is 2. The van der Waals surface area contributed by atoms with Gasteiger partial charge in [-0.05, 0) is 51.8 Å². The molecule has 0 aliphatic carbocycles. The first kappa shape index (κ1) is 24.4. The zero-order valence-corrected chi connectivity index (χ0v) is 19.5. The third kappa shape index (κ3) is 5.85. The Morgan fingerprint density at radius 3 is 2.57 bits per heavy atom. The zero-order valence-electron chi connectivity index (χ0n) is 17.9. The molecule has 0 saturated carbocycles. The number of allylic oxidation sites excluding steroid dienone is 3. The van der Waals surface area contributed by atoms with Crippen LogP contribution in [0.3, 0.4) is 0 Å². The minimum absolute atomic E-state index is 0.0727. The van der Waals surface area contributed by atoms with Crippen LogP contribution < -0.4 is 10.0 Å². The molecule has 166 valence electrons. The number of sulfonamides is 1. The van der Waals surface area contributed by atoms with Crippen molar-refractivity contribution in [3.8, 4) is 0 Å². The van der Waals surface area contributed by atoms with Gasteiger partial charge in [0.1, 0.15) is 0 Å². The highest BCUT2D eigenvalue weighted by Crippen LogP contribution is 2.41. The molecule has 0 spiro atoms. The Kier molecular flexibility index (Phi) is 8.49. The molecule has 0 amide bonds. The van der Waals surface area contributed by atoms with Crippen molar-refractivity contribution in [3.63, 3.8) is 0 Å². The van der Waals surface area contributed by atoms with E-state index in [-0.39, 0.29) is 23.1 Å². The molecule has 1 aliphatic heterocycles. The van der Waals surface area contributed by atoms with Gasteiger partial charge in [-0.15, -0.1) is 0 Å². The molecule has 0 fully saturated rings. The van der Waals surface area contributed by atoms with E-state index in [1.54, 1.807) is 59.1 Å². The number of carbonyl (C=O) groups is 1. The maximum absolute atomic E-state index is 13.3. The van der Waals surface area contributed by atoms with E-state index >= 15 is 0 Å². The largest absolute Gasteiger partial charge is 0.460 e. The molecule has 2 N–H and O–H groups in total. The van der Waals surface area contributed by atoms with Crippen molar-refractivity contribution in [3.05, 3.63) is 56.7 Å². The second kappa shape index (κ2) is 10.4. The lowest BCUT2D eigenvalue weighted by Crippen LogP contribution is -2.37. The molecule has 1 heterocycles. The van der Waals surface area contributed by atoms with Crippen LogP contribution in [0, 0.1) is 0 Å². The van der Waals surface area contributed by atoms with Gasteiger partial charge in [0.2, 0.25) is 10.0 Å². The van der Waals surface area contributed by atoms with Crippen molar-refractivity contribution < 1.29 is 22.7 Å². The summed E-state index contributed by atoms with van der Waals surface area (Å²) in [6, 6.07) is 6.85. The summed E-state index contributed by atoms with van der Waals surface area (Å²) in [5.41, 5.74) is 1.82. The Labute approximate surface area is 183 Å². The molecule has 7 nitrogen and oxygen atoms in total.